The molecule has 3 aromatic rings. The smallest absolute Gasteiger partial charge is 0.443 e. The molecule has 4 heterocycles. The van der Waals surface area contributed by atoms with Gasteiger partial charge >= 0.3 is 12.1 Å². The number of carbonyl (C=O) groups excluding carboxylic acids is 2. The number of hydrogen-bond donors (Lipinski definition) is 0. The van der Waals surface area contributed by atoms with Gasteiger partial charge in [0.1, 0.15) is 17.1 Å². The SMILES string of the molecule is COC(=O)c1nc(C(F)(F)F)sc1N1CCN(C(=O)Cn2cnc3cccnc32)C(C)C1. The van der Waals surface area contributed by atoms with Gasteiger partial charge in [-0.05, 0) is 19.1 Å². The number of rotatable bonds is 4. The Kier molecular flexibility index (Phi) is 5.75. The van der Waals surface area contributed by atoms with Crippen molar-refractivity contribution in [3.05, 3.63) is 35.4 Å². The number of anilines is 1. The van der Waals surface area contributed by atoms with E-state index in [1.807, 2.05) is 0 Å². The predicted molar refractivity (Wildman–Crippen MR) is 109 cm³/mol. The van der Waals surface area contributed by atoms with Crippen molar-refractivity contribution in [3.63, 3.8) is 0 Å². The summed E-state index contributed by atoms with van der Waals surface area (Å²) in [6.45, 7) is 2.63. The lowest BCUT2D eigenvalue weighted by atomic mass is 10.2. The van der Waals surface area contributed by atoms with Crippen LogP contribution in [-0.4, -0.2) is 69.1 Å². The van der Waals surface area contributed by atoms with E-state index in [9.17, 15) is 22.8 Å². The summed E-state index contributed by atoms with van der Waals surface area (Å²) in [5, 5.41) is -1.02. The Morgan fingerprint density at radius 1 is 1.28 bits per heavy atom. The fourth-order valence-electron chi connectivity index (χ4n) is 3.64. The maximum Gasteiger partial charge on any atom is 0.443 e. The molecular weight excluding hydrogens is 449 g/mol. The van der Waals surface area contributed by atoms with Gasteiger partial charge in [-0.15, -0.1) is 0 Å². The number of piperazine rings is 1. The first-order valence-electron chi connectivity index (χ1n) is 9.65. The third-order valence-corrected chi connectivity index (χ3v) is 6.31. The van der Waals surface area contributed by atoms with Crippen LogP contribution in [0.5, 0.6) is 0 Å². The van der Waals surface area contributed by atoms with Crippen LogP contribution < -0.4 is 4.90 Å². The van der Waals surface area contributed by atoms with Gasteiger partial charge in [-0.1, -0.05) is 11.3 Å². The lowest BCUT2D eigenvalue weighted by molar-refractivity contribution is -0.137. The number of aromatic nitrogens is 4. The molecule has 0 bridgehead atoms. The van der Waals surface area contributed by atoms with E-state index < -0.39 is 17.2 Å². The quantitative estimate of drug-likeness (QED) is 0.543. The van der Waals surface area contributed by atoms with E-state index >= 15 is 0 Å². The topological polar surface area (TPSA) is 93.5 Å². The van der Waals surface area contributed by atoms with Crippen LogP contribution in [0.1, 0.15) is 22.4 Å². The molecule has 1 saturated heterocycles. The molecule has 0 N–H and O–H groups in total. The molecule has 1 unspecified atom stereocenters. The summed E-state index contributed by atoms with van der Waals surface area (Å²) in [6, 6.07) is 3.25. The van der Waals surface area contributed by atoms with E-state index in [1.54, 1.807) is 45.9 Å². The minimum Gasteiger partial charge on any atom is -0.464 e. The molecule has 0 aliphatic carbocycles. The molecule has 32 heavy (non-hydrogen) atoms. The molecule has 13 heteroatoms. The number of imidazole rings is 1. The van der Waals surface area contributed by atoms with Crippen LogP contribution in [0, 0.1) is 0 Å². The lowest BCUT2D eigenvalue weighted by Gasteiger charge is -2.40. The lowest BCUT2D eigenvalue weighted by Crippen LogP contribution is -2.54. The molecule has 9 nitrogen and oxygen atoms in total. The Hall–Kier alpha value is -3.22. The summed E-state index contributed by atoms with van der Waals surface area (Å²) in [5.74, 6) is -1.09. The van der Waals surface area contributed by atoms with Crippen LogP contribution in [0.25, 0.3) is 11.2 Å². The summed E-state index contributed by atoms with van der Waals surface area (Å²) >= 11 is 0.398. The second-order valence-electron chi connectivity index (χ2n) is 7.26. The number of ether oxygens (including phenoxy) is 1. The van der Waals surface area contributed by atoms with E-state index in [0.29, 0.717) is 22.5 Å². The van der Waals surface area contributed by atoms with Crippen LogP contribution in [0.15, 0.2) is 24.7 Å². The number of alkyl halides is 3. The van der Waals surface area contributed by atoms with E-state index in [4.69, 9.17) is 0 Å². The molecule has 0 spiro atoms. The fourth-order valence-corrected chi connectivity index (χ4v) is 4.60. The average molecular weight is 468 g/mol. The summed E-state index contributed by atoms with van der Waals surface area (Å²) < 4.78 is 45.8. The Balaban J connectivity index is 1.50. The second-order valence-corrected chi connectivity index (χ2v) is 8.24. The number of fused-ring (bicyclic) bond motifs is 1. The van der Waals surface area contributed by atoms with Gasteiger partial charge in [0.2, 0.25) is 10.9 Å². The van der Waals surface area contributed by atoms with Gasteiger partial charge in [0.15, 0.2) is 11.3 Å². The summed E-state index contributed by atoms with van der Waals surface area (Å²) in [5.41, 5.74) is 0.908. The van der Waals surface area contributed by atoms with Gasteiger partial charge in [-0.25, -0.2) is 19.7 Å². The summed E-state index contributed by atoms with van der Waals surface area (Å²) in [7, 11) is 1.09. The zero-order valence-corrected chi connectivity index (χ0v) is 18.0. The van der Waals surface area contributed by atoms with Gasteiger partial charge in [0.05, 0.1) is 13.4 Å². The number of pyridine rings is 1. The molecule has 1 aliphatic heterocycles. The maximum absolute atomic E-state index is 13.2. The largest absolute Gasteiger partial charge is 0.464 e. The second kappa shape index (κ2) is 8.37. The van der Waals surface area contributed by atoms with Crippen molar-refractivity contribution in [1.82, 2.24) is 24.4 Å². The number of halogens is 3. The fraction of sp³-hybridized carbons (Fsp3) is 0.421. The molecule has 1 fully saturated rings. The number of methoxy groups -OCH3 is 1. The molecule has 1 aliphatic rings. The Labute approximate surface area is 184 Å². The van der Waals surface area contributed by atoms with Crippen LogP contribution in [0.2, 0.25) is 0 Å². The van der Waals surface area contributed by atoms with Crippen LogP contribution in [-0.2, 0) is 22.3 Å². The van der Waals surface area contributed by atoms with Gasteiger partial charge in [-0.3, -0.25) is 4.79 Å². The van der Waals surface area contributed by atoms with Crippen molar-refractivity contribution in [2.24, 2.45) is 0 Å². The number of esters is 1. The first-order valence-corrected chi connectivity index (χ1v) is 10.5. The zero-order valence-electron chi connectivity index (χ0n) is 17.2. The number of amides is 1. The summed E-state index contributed by atoms with van der Waals surface area (Å²) in [4.78, 5) is 40.2. The monoisotopic (exact) mass is 468 g/mol. The van der Waals surface area contributed by atoms with Crippen molar-refractivity contribution in [2.75, 3.05) is 31.6 Å². The Bertz CT molecular complexity index is 1160. The number of hydrogen-bond acceptors (Lipinski definition) is 8. The van der Waals surface area contributed by atoms with E-state index in [1.165, 1.54) is 0 Å². The zero-order chi connectivity index (χ0) is 23.0. The molecule has 4 rings (SSSR count). The number of nitrogens with zero attached hydrogens (tertiary/aromatic N) is 6. The molecule has 170 valence electrons. The molecule has 3 aromatic heterocycles. The first kappa shape index (κ1) is 22.0. The van der Waals surface area contributed by atoms with Crippen molar-refractivity contribution < 1.29 is 27.5 Å². The van der Waals surface area contributed by atoms with Crippen LogP contribution in [0.4, 0.5) is 18.2 Å². The first-order chi connectivity index (χ1) is 15.2. The Morgan fingerprint density at radius 2 is 2.06 bits per heavy atom. The van der Waals surface area contributed by atoms with Crippen molar-refractivity contribution in [3.8, 4) is 0 Å². The van der Waals surface area contributed by atoms with Crippen LogP contribution >= 0.6 is 11.3 Å². The highest BCUT2D eigenvalue weighted by Gasteiger charge is 2.39. The predicted octanol–water partition coefficient (Wildman–Crippen LogP) is 2.43. The molecule has 0 aromatic carbocycles. The molecular formula is C19H19F3N6O3S. The van der Waals surface area contributed by atoms with Gasteiger partial charge in [-0.2, -0.15) is 13.2 Å². The van der Waals surface area contributed by atoms with Crippen molar-refractivity contribution in [2.45, 2.75) is 25.7 Å². The third-order valence-electron chi connectivity index (χ3n) is 5.15. The normalized spacial score (nSPS) is 17.1. The van der Waals surface area contributed by atoms with Crippen LogP contribution in [0.3, 0.4) is 0 Å². The molecule has 0 saturated carbocycles. The minimum absolute atomic E-state index is 0.0457. The maximum atomic E-state index is 13.2. The van der Waals surface area contributed by atoms with E-state index in [2.05, 4.69) is 19.7 Å². The molecule has 1 atom stereocenters. The highest BCUT2D eigenvalue weighted by Crippen LogP contribution is 2.39. The van der Waals surface area contributed by atoms with E-state index in [-0.39, 0.29) is 48.8 Å². The Morgan fingerprint density at radius 3 is 2.75 bits per heavy atom. The van der Waals surface area contributed by atoms with Gasteiger partial charge in [0, 0.05) is 31.9 Å². The highest BCUT2D eigenvalue weighted by molar-refractivity contribution is 7.16. The molecule has 0 radical (unpaired) electrons. The third kappa shape index (κ3) is 4.11. The number of thiazole rings is 1. The standard InChI is InChI=1S/C19H19F3N6O3S/c1-11-8-26(16-14(17(30)31-2)25-18(32-16)19(20,21)22)6-7-28(11)13(29)9-27-10-24-12-4-3-5-23-15(12)27/h3-5,10-11H,6-9H2,1-2H3. The number of carbonyl (C=O) groups is 2. The van der Waals surface area contributed by atoms with Gasteiger partial charge in [0.25, 0.3) is 0 Å². The summed E-state index contributed by atoms with van der Waals surface area (Å²) in [6.07, 6.45) is -1.50. The average Bonchev–Trinajstić information content (AvgIpc) is 3.38. The van der Waals surface area contributed by atoms with E-state index in [0.717, 1.165) is 7.11 Å². The minimum atomic E-state index is -4.67. The molecule has 1 amide bonds. The van der Waals surface area contributed by atoms with Crippen molar-refractivity contribution >= 4 is 39.4 Å². The van der Waals surface area contributed by atoms with Crippen molar-refractivity contribution in [1.29, 1.82) is 0 Å². The van der Waals surface area contributed by atoms with Gasteiger partial charge < -0.3 is 19.1 Å². The highest BCUT2D eigenvalue weighted by atomic mass is 32.1.